The second-order valence-corrected chi connectivity index (χ2v) is 5.95. The predicted octanol–water partition coefficient (Wildman–Crippen LogP) is 3.56. The van der Waals surface area contributed by atoms with Crippen molar-refractivity contribution < 1.29 is 4.79 Å². The molecule has 1 amide bonds. The van der Waals surface area contributed by atoms with Crippen LogP contribution in [-0.2, 0) is 6.42 Å². The summed E-state index contributed by atoms with van der Waals surface area (Å²) >= 11 is 1.66. The quantitative estimate of drug-likeness (QED) is 0.857. The average Bonchev–Trinajstić information content (AvgIpc) is 2.98. The minimum Gasteiger partial charge on any atom is -0.384 e. The van der Waals surface area contributed by atoms with Gasteiger partial charge in [0.25, 0.3) is 5.91 Å². The molecule has 5 heteroatoms. The van der Waals surface area contributed by atoms with Crippen LogP contribution in [0.4, 0.5) is 5.82 Å². The number of rotatable bonds is 6. The Hall–Kier alpha value is -1.88. The Morgan fingerprint density at radius 2 is 2.24 bits per heavy atom. The molecule has 2 aromatic rings. The summed E-state index contributed by atoms with van der Waals surface area (Å²) < 4.78 is 0. The molecule has 0 aliphatic heterocycles. The standard InChI is InChI=1S/C16H21N3OS/c1-3-6-12-9-11(10-15(17)18-12)16(20)19-13(4-2)14-7-5-8-21-14/h5,7-10,13H,3-4,6H2,1-2H3,(H2,17,18)(H,19,20). The molecule has 0 aliphatic rings. The van der Waals surface area contributed by atoms with Crippen LogP contribution in [0.2, 0.25) is 0 Å². The number of nitrogens with one attached hydrogen (secondary N) is 1. The van der Waals surface area contributed by atoms with Crippen LogP contribution in [0.1, 0.15) is 53.7 Å². The van der Waals surface area contributed by atoms with Gasteiger partial charge in [-0.25, -0.2) is 4.98 Å². The summed E-state index contributed by atoms with van der Waals surface area (Å²) in [5.41, 5.74) is 7.25. The van der Waals surface area contributed by atoms with E-state index in [1.165, 1.54) is 4.88 Å². The lowest BCUT2D eigenvalue weighted by Gasteiger charge is -2.16. The number of hydrogen-bond acceptors (Lipinski definition) is 4. The van der Waals surface area contributed by atoms with Crippen LogP contribution in [-0.4, -0.2) is 10.9 Å². The van der Waals surface area contributed by atoms with Crippen molar-refractivity contribution in [2.75, 3.05) is 5.73 Å². The number of thiophene rings is 1. The lowest BCUT2D eigenvalue weighted by Crippen LogP contribution is -2.28. The fourth-order valence-electron chi connectivity index (χ4n) is 2.23. The maximum atomic E-state index is 12.4. The number of carbonyl (C=O) groups excluding carboxylic acids is 1. The van der Waals surface area contributed by atoms with E-state index in [-0.39, 0.29) is 11.9 Å². The van der Waals surface area contributed by atoms with Gasteiger partial charge in [0.1, 0.15) is 5.82 Å². The van der Waals surface area contributed by atoms with Crippen LogP contribution in [0.5, 0.6) is 0 Å². The fraction of sp³-hybridized carbons (Fsp3) is 0.375. The zero-order valence-corrected chi connectivity index (χ0v) is 13.2. The Bertz CT molecular complexity index is 596. The molecule has 0 saturated heterocycles. The van der Waals surface area contributed by atoms with Crippen molar-refractivity contribution >= 4 is 23.1 Å². The molecular weight excluding hydrogens is 282 g/mol. The Kier molecular flexibility index (Phi) is 5.33. The van der Waals surface area contributed by atoms with Crippen molar-refractivity contribution in [3.8, 4) is 0 Å². The minimum absolute atomic E-state index is 0.0431. The van der Waals surface area contributed by atoms with Gasteiger partial charge in [-0.05, 0) is 36.4 Å². The number of aryl methyl sites for hydroxylation is 1. The lowest BCUT2D eigenvalue weighted by atomic mass is 10.1. The van der Waals surface area contributed by atoms with E-state index < -0.39 is 0 Å². The van der Waals surface area contributed by atoms with Crippen molar-refractivity contribution in [1.82, 2.24) is 10.3 Å². The van der Waals surface area contributed by atoms with Crippen molar-refractivity contribution in [2.24, 2.45) is 0 Å². The molecule has 1 unspecified atom stereocenters. The summed E-state index contributed by atoms with van der Waals surface area (Å²) in [6.45, 7) is 4.14. The summed E-state index contributed by atoms with van der Waals surface area (Å²) in [6.07, 6.45) is 2.66. The van der Waals surface area contributed by atoms with Crippen LogP contribution in [0.15, 0.2) is 29.6 Å². The van der Waals surface area contributed by atoms with E-state index in [2.05, 4.69) is 24.1 Å². The highest BCUT2D eigenvalue weighted by Gasteiger charge is 2.16. The molecule has 0 aromatic carbocycles. The first-order valence-electron chi connectivity index (χ1n) is 7.24. The van der Waals surface area contributed by atoms with E-state index in [1.807, 2.05) is 23.6 Å². The Balaban J connectivity index is 2.15. The van der Waals surface area contributed by atoms with Crippen LogP contribution in [0.25, 0.3) is 0 Å². The van der Waals surface area contributed by atoms with E-state index in [0.29, 0.717) is 11.4 Å². The summed E-state index contributed by atoms with van der Waals surface area (Å²) in [5.74, 6) is 0.303. The Labute approximate surface area is 129 Å². The van der Waals surface area contributed by atoms with Crippen LogP contribution >= 0.6 is 11.3 Å². The smallest absolute Gasteiger partial charge is 0.251 e. The molecular formula is C16H21N3OS. The maximum absolute atomic E-state index is 12.4. The number of nitrogens with zero attached hydrogens (tertiary/aromatic N) is 1. The van der Waals surface area contributed by atoms with Crippen molar-refractivity contribution in [1.29, 1.82) is 0 Å². The summed E-state index contributed by atoms with van der Waals surface area (Å²) in [6, 6.07) is 7.55. The monoisotopic (exact) mass is 303 g/mol. The second kappa shape index (κ2) is 7.22. The third-order valence-corrected chi connectivity index (χ3v) is 4.25. The number of anilines is 1. The van der Waals surface area contributed by atoms with E-state index >= 15 is 0 Å². The third-order valence-electron chi connectivity index (χ3n) is 3.27. The molecule has 2 aromatic heterocycles. The van der Waals surface area contributed by atoms with Crippen LogP contribution in [0.3, 0.4) is 0 Å². The van der Waals surface area contributed by atoms with Gasteiger partial charge in [0.05, 0.1) is 6.04 Å². The van der Waals surface area contributed by atoms with E-state index in [4.69, 9.17) is 5.73 Å². The summed E-state index contributed by atoms with van der Waals surface area (Å²) in [7, 11) is 0. The zero-order valence-electron chi connectivity index (χ0n) is 12.4. The number of pyridine rings is 1. The largest absolute Gasteiger partial charge is 0.384 e. The van der Waals surface area contributed by atoms with Crippen molar-refractivity contribution in [2.45, 2.75) is 39.2 Å². The first-order chi connectivity index (χ1) is 10.1. The van der Waals surface area contributed by atoms with Gasteiger partial charge >= 0.3 is 0 Å². The lowest BCUT2D eigenvalue weighted by molar-refractivity contribution is 0.0936. The molecule has 2 heterocycles. The topological polar surface area (TPSA) is 68.0 Å². The van der Waals surface area contributed by atoms with E-state index in [9.17, 15) is 4.79 Å². The van der Waals surface area contributed by atoms with E-state index in [1.54, 1.807) is 17.4 Å². The second-order valence-electron chi connectivity index (χ2n) is 4.97. The number of amides is 1. The van der Waals surface area contributed by atoms with Gasteiger partial charge in [-0.2, -0.15) is 0 Å². The minimum atomic E-state index is -0.0956. The molecule has 0 aliphatic carbocycles. The molecule has 0 saturated carbocycles. The van der Waals surface area contributed by atoms with Crippen molar-refractivity contribution in [3.63, 3.8) is 0 Å². The molecule has 2 rings (SSSR count). The van der Waals surface area contributed by atoms with Crippen molar-refractivity contribution in [3.05, 3.63) is 45.8 Å². The average molecular weight is 303 g/mol. The van der Waals surface area contributed by atoms with Gasteiger partial charge in [-0.15, -0.1) is 11.3 Å². The summed E-state index contributed by atoms with van der Waals surface area (Å²) in [4.78, 5) is 17.9. The number of nitrogens with two attached hydrogens (primary N) is 1. The zero-order chi connectivity index (χ0) is 15.2. The van der Waals surface area contributed by atoms with Gasteiger partial charge in [-0.1, -0.05) is 26.3 Å². The molecule has 4 nitrogen and oxygen atoms in total. The highest BCUT2D eigenvalue weighted by Crippen LogP contribution is 2.22. The number of aromatic nitrogens is 1. The molecule has 0 fully saturated rings. The third kappa shape index (κ3) is 4.04. The van der Waals surface area contributed by atoms with Gasteiger partial charge in [0, 0.05) is 16.1 Å². The highest BCUT2D eigenvalue weighted by molar-refractivity contribution is 7.10. The molecule has 0 spiro atoms. The van der Waals surface area contributed by atoms with Crippen LogP contribution < -0.4 is 11.1 Å². The SMILES string of the molecule is CCCc1cc(C(=O)NC(CC)c2cccs2)cc(N)n1. The first-order valence-corrected chi connectivity index (χ1v) is 8.12. The fourth-order valence-corrected chi connectivity index (χ4v) is 3.09. The van der Waals surface area contributed by atoms with Gasteiger partial charge in [-0.3, -0.25) is 4.79 Å². The molecule has 21 heavy (non-hydrogen) atoms. The molecule has 0 bridgehead atoms. The number of carbonyl (C=O) groups is 1. The molecule has 3 N–H and O–H groups in total. The van der Waals surface area contributed by atoms with Crippen LogP contribution in [0, 0.1) is 0 Å². The van der Waals surface area contributed by atoms with Gasteiger partial charge in [0.2, 0.25) is 0 Å². The number of nitrogen functional groups attached to an aromatic ring is 1. The number of hydrogen-bond donors (Lipinski definition) is 2. The molecule has 112 valence electrons. The maximum Gasteiger partial charge on any atom is 0.251 e. The van der Waals surface area contributed by atoms with Gasteiger partial charge < -0.3 is 11.1 Å². The Morgan fingerprint density at radius 3 is 2.86 bits per heavy atom. The first kappa shape index (κ1) is 15.5. The normalized spacial score (nSPS) is 12.1. The van der Waals surface area contributed by atoms with Gasteiger partial charge in [0.15, 0.2) is 0 Å². The van der Waals surface area contributed by atoms with E-state index in [0.717, 1.165) is 25.0 Å². The highest BCUT2D eigenvalue weighted by atomic mass is 32.1. The summed E-state index contributed by atoms with van der Waals surface area (Å²) in [5, 5.41) is 5.09. The Morgan fingerprint density at radius 1 is 1.43 bits per heavy atom. The molecule has 1 atom stereocenters. The predicted molar refractivity (Wildman–Crippen MR) is 87.5 cm³/mol. The molecule has 0 radical (unpaired) electrons.